The van der Waals surface area contributed by atoms with Gasteiger partial charge in [0.25, 0.3) is 5.56 Å². The number of nitrogens with zero attached hydrogens (tertiary/aromatic N) is 4. The van der Waals surface area contributed by atoms with Crippen molar-refractivity contribution in [1.82, 2.24) is 19.4 Å². The molecule has 260 valence electrons. The van der Waals surface area contributed by atoms with Gasteiger partial charge in [-0.1, -0.05) is 80.9 Å². The third-order valence-corrected chi connectivity index (χ3v) is 8.63. The van der Waals surface area contributed by atoms with Gasteiger partial charge in [0.2, 0.25) is 5.91 Å². The summed E-state index contributed by atoms with van der Waals surface area (Å²) in [6.45, 7) is 1.14. The standard InChI is InChI=1S/C38H42F4N4O2S/c1-5-44(6-2)17-18-45(22-27-7-11-29(12-8-27)30-13-16-33(26(4)21-30)38(40,41)42)35(47)23-46-34-20-25(3)19-32(34)36(48)43-37(46)49-24-28-9-14-31(39)15-10-28/h7-16,21,25H,5-6,17-20,22-24H2,1-4H3/i7D,8D,11D,12D,13D,16D,19D2,20D2,21D,22D2,25D. The molecule has 0 aliphatic heterocycles. The number of carbonyl (C=O) groups excluding carboxylic acids is 1. The lowest BCUT2D eigenvalue weighted by Crippen LogP contribution is -2.40. The number of benzene rings is 3. The maximum absolute atomic E-state index is 14.8. The van der Waals surface area contributed by atoms with Crippen molar-refractivity contribution >= 4 is 17.7 Å². The van der Waals surface area contributed by atoms with Crippen LogP contribution in [0.3, 0.4) is 0 Å². The van der Waals surface area contributed by atoms with Gasteiger partial charge in [0.1, 0.15) is 12.4 Å². The molecule has 0 saturated heterocycles. The fraction of sp³-hybridized carbons (Fsp3) is 0.395. The molecule has 49 heavy (non-hydrogen) atoms. The molecule has 11 heteroatoms. The zero-order valence-corrected chi connectivity index (χ0v) is 27.9. The number of fused-ring (bicyclic) bond motifs is 1. The number of rotatable bonds is 13. The van der Waals surface area contributed by atoms with Crippen LogP contribution in [0.4, 0.5) is 17.6 Å². The number of thioether (sulfide) groups is 1. The second-order valence-electron chi connectivity index (χ2n) is 11.0. The molecule has 6 nitrogen and oxygen atoms in total. The predicted octanol–water partition coefficient (Wildman–Crippen LogP) is 7.77. The minimum Gasteiger partial charge on any atom is -0.336 e. The average Bonchev–Trinajstić information content (AvgIpc) is 3.29. The van der Waals surface area contributed by atoms with Crippen LogP contribution in [0.1, 0.15) is 73.5 Å². The molecule has 0 bridgehead atoms. The van der Waals surface area contributed by atoms with Crippen molar-refractivity contribution in [3.8, 4) is 11.1 Å². The highest BCUT2D eigenvalue weighted by atomic mass is 32.2. The van der Waals surface area contributed by atoms with Gasteiger partial charge >= 0.3 is 6.18 Å². The van der Waals surface area contributed by atoms with E-state index >= 15 is 0 Å². The molecule has 1 unspecified atom stereocenters. The first-order valence-corrected chi connectivity index (χ1v) is 16.3. The van der Waals surface area contributed by atoms with Gasteiger partial charge < -0.3 is 14.4 Å². The maximum atomic E-state index is 14.8. The first-order valence-electron chi connectivity index (χ1n) is 22.3. The maximum Gasteiger partial charge on any atom is 0.416 e. The molecule has 5 rings (SSSR count). The second kappa shape index (κ2) is 15.7. The van der Waals surface area contributed by atoms with Gasteiger partial charge in [-0.05, 0) is 84.6 Å². The quantitative estimate of drug-likeness (QED) is 0.0808. The summed E-state index contributed by atoms with van der Waals surface area (Å²) >= 11 is 0.775. The Kier molecular flexibility index (Phi) is 7.05. The predicted molar refractivity (Wildman–Crippen MR) is 186 cm³/mol. The Bertz CT molecular complexity index is 2480. The largest absolute Gasteiger partial charge is 0.416 e. The highest BCUT2D eigenvalue weighted by molar-refractivity contribution is 7.98. The molecule has 1 aliphatic carbocycles. The lowest BCUT2D eigenvalue weighted by molar-refractivity contribution is -0.138. The number of amides is 1. The summed E-state index contributed by atoms with van der Waals surface area (Å²) in [5, 5.41) is -0.357. The van der Waals surface area contributed by atoms with Crippen LogP contribution in [0, 0.1) is 18.6 Å². The summed E-state index contributed by atoms with van der Waals surface area (Å²) < 4.78 is 180. The van der Waals surface area contributed by atoms with Crippen LogP contribution in [0.25, 0.3) is 11.1 Å². The van der Waals surface area contributed by atoms with E-state index in [1.165, 1.54) is 12.1 Å². The molecule has 0 N–H and O–H groups in total. The Balaban J connectivity index is 1.73. The van der Waals surface area contributed by atoms with Gasteiger partial charge in [0.05, 0.1) is 17.9 Å². The van der Waals surface area contributed by atoms with Crippen LogP contribution in [-0.4, -0.2) is 51.4 Å². The normalized spacial score (nSPS) is 22.3. The Hall–Kier alpha value is -3.96. The van der Waals surface area contributed by atoms with E-state index in [1.54, 1.807) is 18.7 Å². The van der Waals surface area contributed by atoms with E-state index < -0.39 is 143 Å². The van der Waals surface area contributed by atoms with Crippen molar-refractivity contribution in [2.24, 2.45) is 5.89 Å². The Morgan fingerprint density at radius 1 is 1.06 bits per heavy atom. The Labute approximate surface area is 308 Å². The molecule has 0 radical (unpaired) electrons. The minimum absolute atomic E-state index is 0.0459. The molecule has 0 fully saturated rings. The third kappa shape index (κ3) is 8.99. The molecule has 4 aromatic rings. The van der Waals surface area contributed by atoms with E-state index in [0.717, 1.165) is 42.3 Å². The van der Waals surface area contributed by atoms with E-state index in [1.807, 2.05) is 0 Å². The molecule has 0 saturated carbocycles. The first-order chi connectivity index (χ1) is 28.9. The van der Waals surface area contributed by atoms with E-state index in [-0.39, 0.29) is 17.5 Å². The minimum atomic E-state index is -5.16. The summed E-state index contributed by atoms with van der Waals surface area (Å²) in [5.41, 5.74) is -7.50. The van der Waals surface area contributed by atoms with Crippen LogP contribution in [0.5, 0.6) is 0 Å². The molecule has 1 atom stereocenters. The lowest BCUT2D eigenvalue weighted by atomic mass is 9.98. The Morgan fingerprint density at radius 2 is 1.73 bits per heavy atom. The highest BCUT2D eigenvalue weighted by Crippen LogP contribution is 2.34. The van der Waals surface area contributed by atoms with Crippen molar-refractivity contribution in [1.29, 1.82) is 0 Å². The van der Waals surface area contributed by atoms with Crippen LogP contribution in [0.15, 0.2) is 76.5 Å². The molecule has 0 spiro atoms. The van der Waals surface area contributed by atoms with E-state index in [2.05, 4.69) is 4.98 Å². The fourth-order valence-electron chi connectivity index (χ4n) is 4.94. The van der Waals surface area contributed by atoms with Crippen LogP contribution >= 0.6 is 11.8 Å². The van der Waals surface area contributed by atoms with Gasteiger partial charge in [0, 0.05) is 43.5 Å². The zero-order chi connectivity index (χ0) is 47.7. The number of likely N-dealkylation sites (N-methyl/N-ethyl adjacent to an activating group) is 1. The fourth-order valence-corrected chi connectivity index (χ4v) is 5.89. The SMILES string of the molecule is [2H]c1c([2H])c(C([2H])([2H])N(CCN(CC)CC)C(=O)Cn2c(SCc3ccc(F)cc3)nc(=O)c3c2C([2H])([2H])C([2H])(C)C3([2H])[2H])c([2H])c([2H])c1-c1c([2H])c([2H])c(C(F)(F)F)c(C)c1[2H]. The van der Waals surface area contributed by atoms with Crippen LogP contribution < -0.4 is 5.56 Å². The monoisotopic (exact) mass is 708 g/mol. The summed E-state index contributed by atoms with van der Waals surface area (Å²) in [5.74, 6) is -4.50. The summed E-state index contributed by atoms with van der Waals surface area (Å²) in [7, 11) is 0. The lowest BCUT2D eigenvalue weighted by Gasteiger charge is -2.28. The number of halogens is 4. The number of hydrogen-bond donors (Lipinski definition) is 0. The number of carbonyl (C=O) groups is 1. The van der Waals surface area contributed by atoms with E-state index in [9.17, 15) is 29.9 Å². The number of hydrogen-bond acceptors (Lipinski definition) is 5. The van der Waals surface area contributed by atoms with Gasteiger partial charge in [0.15, 0.2) is 5.16 Å². The summed E-state index contributed by atoms with van der Waals surface area (Å²) in [6, 6.07) is -2.98. The van der Waals surface area contributed by atoms with Gasteiger partial charge in [-0.3, -0.25) is 9.59 Å². The van der Waals surface area contributed by atoms with E-state index in [0.29, 0.717) is 23.6 Å². The van der Waals surface area contributed by atoms with Gasteiger partial charge in [-0.15, -0.1) is 0 Å². The van der Waals surface area contributed by atoms with Crippen molar-refractivity contribution in [2.45, 2.75) is 70.6 Å². The molecule has 1 aliphatic rings. The average molecular weight is 709 g/mol. The third-order valence-electron chi connectivity index (χ3n) is 7.58. The van der Waals surface area contributed by atoms with Crippen molar-refractivity contribution < 1.29 is 41.5 Å². The number of alkyl halides is 3. The molecule has 1 amide bonds. The van der Waals surface area contributed by atoms with Crippen molar-refractivity contribution in [3.05, 3.63) is 116 Å². The summed E-state index contributed by atoms with van der Waals surface area (Å²) in [6.07, 6.45) is -11.1. The van der Waals surface area contributed by atoms with Gasteiger partial charge in [-0.2, -0.15) is 18.2 Å². The van der Waals surface area contributed by atoms with Crippen molar-refractivity contribution in [3.63, 3.8) is 0 Å². The zero-order valence-electron chi connectivity index (χ0n) is 41.1. The van der Waals surface area contributed by atoms with Gasteiger partial charge in [-0.25, -0.2) is 4.39 Å². The first kappa shape index (κ1) is 22.0. The topological polar surface area (TPSA) is 58.4 Å². The summed E-state index contributed by atoms with van der Waals surface area (Å²) in [4.78, 5) is 34.7. The Morgan fingerprint density at radius 3 is 2.39 bits per heavy atom. The number of aromatic nitrogens is 2. The highest BCUT2D eigenvalue weighted by Gasteiger charge is 2.32. The van der Waals surface area contributed by atoms with E-state index in [4.69, 9.17) is 16.4 Å². The van der Waals surface area contributed by atoms with Crippen LogP contribution in [-0.2, 0) is 42.5 Å². The second-order valence-corrected chi connectivity index (χ2v) is 11.9. The molecule has 3 aromatic carbocycles. The molecule has 1 aromatic heterocycles. The molecular weight excluding hydrogens is 653 g/mol. The van der Waals surface area contributed by atoms with Crippen molar-refractivity contribution in [2.75, 3.05) is 26.2 Å². The molecule has 1 heterocycles. The van der Waals surface area contributed by atoms with Crippen LogP contribution in [0.2, 0.25) is 0 Å². The smallest absolute Gasteiger partial charge is 0.336 e. The molecular formula is C38H42F4N4O2S.